The first-order chi connectivity index (χ1) is 12.2. The Balaban J connectivity index is 1.46. The molecule has 0 N–H and O–H groups in total. The van der Waals surface area contributed by atoms with E-state index < -0.39 is 0 Å². The normalized spacial score (nSPS) is 21.7. The monoisotopic (exact) mass is 355 g/mol. The lowest BCUT2D eigenvalue weighted by Gasteiger charge is -2.23. The third-order valence-corrected chi connectivity index (χ3v) is 5.54. The first-order valence-corrected chi connectivity index (χ1v) is 9.23. The zero-order chi connectivity index (χ0) is 17.4. The van der Waals surface area contributed by atoms with E-state index in [-0.39, 0.29) is 17.7 Å². The molecular weight excluding hydrogens is 334 g/mol. The Kier molecular flexibility index (Phi) is 4.43. The molecule has 4 rings (SSSR count). The molecule has 0 saturated heterocycles. The minimum absolute atomic E-state index is 0.0822. The van der Waals surface area contributed by atoms with Crippen molar-refractivity contribution >= 4 is 17.5 Å². The summed E-state index contributed by atoms with van der Waals surface area (Å²) in [4.78, 5) is 15.1. The molecule has 3 nitrogen and oxygen atoms in total. The van der Waals surface area contributed by atoms with Crippen LogP contribution in [0.3, 0.4) is 0 Å². The minimum atomic E-state index is 0.0822. The van der Waals surface area contributed by atoms with Crippen molar-refractivity contribution in [2.75, 3.05) is 7.11 Å². The number of carbonyl (C=O) groups is 1. The predicted molar refractivity (Wildman–Crippen MR) is 98.9 cm³/mol. The van der Waals surface area contributed by atoms with Crippen LogP contribution in [-0.4, -0.2) is 24.0 Å². The van der Waals surface area contributed by atoms with Gasteiger partial charge in [-0.1, -0.05) is 41.9 Å². The summed E-state index contributed by atoms with van der Waals surface area (Å²) in [5.74, 6) is 1.48. The van der Waals surface area contributed by atoms with Gasteiger partial charge in [-0.2, -0.15) is 0 Å². The number of ether oxygens (including phenoxy) is 1. The number of methoxy groups -OCH3 is 1. The summed E-state index contributed by atoms with van der Waals surface area (Å²) < 4.78 is 5.21. The first-order valence-electron chi connectivity index (χ1n) is 8.85. The summed E-state index contributed by atoms with van der Waals surface area (Å²) in [5, 5.41) is 0.774. The fourth-order valence-corrected chi connectivity index (χ4v) is 3.78. The molecule has 1 amide bonds. The quantitative estimate of drug-likeness (QED) is 0.755. The Labute approximate surface area is 153 Å². The fraction of sp³-hybridized carbons (Fsp3) is 0.381. The minimum Gasteiger partial charge on any atom is -0.497 e. The number of rotatable bonds is 6. The van der Waals surface area contributed by atoms with Crippen molar-refractivity contribution in [1.82, 2.24) is 4.90 Å². The van der Waals surface area contributed by atoms with Crippen molar-refractivity contribution in [2.45, 2.75) is 37.8 Å². The van der Waals surface area contributed by atoms with Crippen molar-refractivity contribution in [3.63, 3.8) is 0 Å². The van der Waals surface area contributed by atoms with Gasteiger partial charge in [0.25, 0.3) is 0 Å². The molecule has 2 atom stereocenters. The van der Waals surface area contributed by atoms with Crippen LogP contribution in [0.1, 0.15) is 36.3 Å². The van der Waals surface area contributed by atoms with Crippen LogP contribution in [0.4, 0.5) is 0 Å². The molecule has 2 unspecified atom stereocenters. The SMILES string of the molecule is COc1ccc(CN(C(=O)C2CC2c2ccccc2Cl)C2CC2)cc1. The topological polar surface area (TPSA) is 29.5 Å². The smallest absolute Gasteiger partial charge is 0.226 e. The number of hydrogen-bond acceptors (Lipinski definition) is 2. The van der Waals surface area contributed by atoms with Crippen LogP contribution in [0.15, 0.2) is 48.5 Å². The zero-order valence-electron chi connectivity index (χ0n) is 14.3. The van der Waals surface area contributed by atoms with Crippen molar-refractivity contribution in [3.05, 3.63) is 64.7 Å². The van der Waals surface area contributed by atoms with E-state index >= 15 is 0 Å². The molecule has 2 aromatic carbocycles. The maximum Gasteiger partial charge on any atom is 0.226 e. The van der Waals surface area contributed by atoms with Gasteiger partial charge in [0, 0.05) is 23.5 Å². The lowest BCUT2D eigenvalue weighted by molar-refractivity contribution is -0.133. The van der Waals surface area contributed by atoms with Gasteiger partial charge in [-0.05, 0) is 54.5 Å². The molecule has 2 fully saturated rings. The number of amides is 1. The van der Waals surface area contributed by atoms with Gasteiger partial charge in [0.05, 0.1) is 7.11 Å². The van der Waals surface area contributed by atoms with Crippen molar-refractivity contribution in [3.8, 4) is 5.75 Å². The largest absolute Gasteiger partial charge is 0.497 e. The summed E-state index contributed by atoms with van der Waals surface area (Å²) in [7, 11) is 1.66. The molecule has 25 heavy (non-hydrogen) atoms. The average Bonchev–Trinajstić information content (AvgIpc) is 3.54. The third-order valence-electron chi connectivity index (χ3n) is 5.20. The van der Waals surface area contributed by atoms with Crippen LogP contribution in [0.5, 0.6) is 5.75 Å². The summed E-state index contributed by atoms with van der Waals surface area (Å²) in [6, 6.07) is 16.3. The summed E-state index contributed by atoms with van der Waals surface area (Å²) in [6.07, 6.45) is 3.14. The maximum absolute atomic E-state index is 13.1. The van der Waals surface area contributed by atoms with Crippen LogP contribution in [-0.2, 0) is 11.3 Å². The van der Waals surface area contributed by atoms with Crippen molar-refractivity contribution in [2.24, 2.45) is 5.92 Å². The summed E-state index contributed by atoms with van der Waals surface area (Å²) in [6.45, 7) is 0.680. The Morgan fingerprint density at radius 2 is 1.88 bits per heavy atom. The van der Waals surface area contributed by atoms with Gasteiger partial charge in [0.2, 0.25) is 5.91 Å². The van der Waals surface area contributed by atoms with E-state index in [0.29, 0.717) is 12.6 Å². The van der Waals surface area contributed by atoms with E-state index in [9.17, 15) is 4.79 Å². The second-order valence-electron chi connectivity index (χ2n) is 7.02. The van der Waals surface area contributed by atoms with Crippen LogP contribution in [0, 0.1) is 5.92 Å². The van der Waals surface area contributed by atoms with E-state index in [4.69, 9.17) is 16.3 Å². The third kappa shape index (κ3) is 3.52. The molecule has 0 aromatic heterocycles. The number of halogens is 1. The molecule has 130 valence electrons. The van der Waals surface area contributed by atoms with E-state index in [1.807, 2.05) is 48.5 Å². The molecule has 2 saturated carbocycles. The van der Waals surface area contributed by atoms with E-state index in [2.05, 4.69) is 4.90 Å². The standard InChI is InChI=1S/C21H22ClNO2/c1-25-16-10-6-14(7-11-16)13-23(15-8-9-15)21(24)19-12-18(19)17-4-2-3-5-20(17)22/h2-7,10-11,15,18-19H,8-9,12-13H2,1H3. The van der Waals surface area contributed by atoms with Crippen LogP contribution < -0.4 is 4.74 Å². The van der Waals surface area contributed by atoms with Crippen LogP contribution >= 0.6 is 11.6 Å². The number of nitrogens with zero attached hydrogens (tertiary/aromatic N) is 1. The number of carbonyl (C=O) groups excluding carboxylic acids is 1. The fourth-order valence-electron chi connectivity index (χ4n) is 3.50. The van der Waals surface area contributed by atoms with Gasteiger partial charge in [-0.3, -0.25) is 4.79 Å². The molecule has 2 aliphatic carbocycles. The van der Waals surface area contributed by atoms with Crippen LogP contribution in [0.2, 0.25) is 5.02 Å². The van der Waals surface area contributed by atoms with E-state index in [0.717, 1.165) is 41.2 Å². The second kappa shape index (κ2) is 6.72. The molecular formula is C21H22ClNO2. The van der Waals surface area contributed by atoms with E-state index in [1.165, 1.54) is 0 Å². The molecule has 0 heterocycles. The van der Waals surface area contributed by atoms with Gasteiger partial charge in [0.15, 0.2) is 0 Å². The molecule has 2 aliphatic rings. The summed E-state index contributed by atoms with van der Waals surface area (Å²) >= 11 is 6.31. The van der Waals surface area contributed by atoms with Gasteiger partial charge >= 0.3 is 0 Å². The first kappa shape index (κ1) is 16.5. The lowest BCUT2D eigenvalue weighted by atomic mass is 10.1. The number of benzene rings is 2. The Morgan fingerprint density at radius 3 is 2.52 bits per heavy atom. The highest BCUT2D eigenvalue weighted by Gasteiger charge is 2.48. The van der Waals surface area contributed by atoms with Crippen molar-refractivity contribution < 1.29 is 9.53 Å². The highest BCUT2D eigenvalue weighted by Crippen LogP contribution is 2.51. The Bertz CT molecular complexity index is 770. The van der Waals surface area contributed by atoms with Gasteiger partial charge in [0.1, 0.15) is 5.75 Å². The molecule has 0 aliphatic heterocycles. The van der Waals surface area contributed by atoms with Crippen LogP contribution in [0.25, 0.3) is 0 Å². The average molecular weight is 356 g/mol. The van der Waals surface area contributed by atoms with Crippen molar-refractivity contribution in [1.29, 1.82) is 0 Å². The molecule has 0 bridgehead atoms. The van der Waals surface area contributed by atoms with E-state index in [1.54, 1.807) is 7.11 Å². The zero-order valence-corrected chi connectivity index (χ0v) is 15.1. The van der Waals surface area contributed by atoms with Gasteiger partial charge < -0.3 is 9.64 Å². The highest BCUT2D eigenvalue weighted by molar-refractivity contribution is 6.31. The molecule has 2 aromatic rings. The molecule has 0 spiro atoms. The predicted octanol–water partition coefficient (Wildman–Crippen LogP) is 4.64. The van der Waals surface area contributed by atoms with Gasteiger partial charge in [-0.15, -0.1) is 0 Å². The van der Waals surface area contributed by atoms with Gasteiger partial charge in [-0.25, -0.2) is 0 Å². The molecule has 4 heteroatoms. The summed E-state index contributed by atoms with van der Waals surface area (Å²) in [5.41, 5.74) is 2.26. The number of hydrogen-bond donors (Lipinski definition) is 0. The maximum atomic E-state index is 13.1. The lowest BCUT2D eigenvalue weighted by Crippen LogP contribution is -2.34. The Morgan fingerprint density at radius 1 is 1.16 bits per heavy atom. The molecule has 0 radical (unpaired) electrons. The Hall–Kier alpha value is -2.00. The second-order valence-corrected chi connectivity index (χ2v) is 7.42. The highest BCUT2D eigenvalue weighted by atomic mass is 35.5.